The zero-order chi connectivity index (χ0) is 22.6. The van der Waals surface area contributed by atoms with E-state index in [9.17, 15) is 13.2 Å². The number of aryl methyl sites for hydroxylation is 3. The fourth-order valence-corrected chi connectivity index (χ4v) is 4.03. The normalized spacial score (nSPS) is 11.4. The Morgan fingerprint density at radius 2 is 1.81 bits per heavy atom. The Balaban J connectivity index is 1.60. The van der Waals surface area contributed by atoms with Gasteiger partial charge in [-0.2, -0.15) is 0 Å². The number of nitrogens with one attached hydrogen (secondary N) is 2. The van der Waals surface area contributed by atoms with Gasteiger partial charge in [0.25, 0.3) is 0 Å². The molecule has 3 rings (SSSR count). The lowest BCUT2D eigenvalue weighted by Crippen LogP contribution is -2.20. The van der Waals surface area contributed by atoms with Crippen molar-refractivity contribution in [1.82, 2.24) is 9.88 Å². The summed E-state index contributed by atoms with van der Waals surface area (Å²) >= 11 is 0. The summed E-state index contributed by atoms with van der Waals surface area (Å²) in [5.74, 6) is 1.15. The molecule has 3 aromatic rings. The average molecular weight is 444 g/mol. The second kappa shape index (κ2) is 9.32. The number of hydrogen-bond donors (Lipinski definition) is 2. The van der Waals surface area contributed by atoms with Crippen LogP contribution in [-0.2, 0) is 27.8 Å². The molecule has 0 aliphatic rings. The first-order chi connectivity index (χ1) is 14.7. The van der Waals surface area contributed by atoms with Crippen LogP contribution in [0, 0.1) is 20.8 Å². The van der Waals surface area contributed by atoms with Gasteiger partial charge in [-0.15, -0.1) is 0 Å². The number of amides is 1. The first kappa shape index (κ1) is 22.5. The quantitative estimate of drug-likeness (QED) is 0.553. The van der Waals surface area contributed by atoms with E-state index in [-0.39, 0.29) is 17.2 Å². The molecule has 1 amide bonds. The van der Waals surface area contributed by atoms with Crippen molar-refractivity contribution in [2.45, 2.75) is 38.7 Å². The van der Waals surface area contributed by atoms with Crippen LogP contribution in [0.5, 0.6) is 5.75 Å². The molecule has 0 fully saturated rings. The number of ether oxygens (including phenoxy) is 1. The molecule has 0 aliphatic heterocycles. The fraction of sp³-hybridized carbons (Fsp3) is 0.273. The van der Waals surface area contributed by atoms with Crippen molar-refractivity contribution in [2.24, 2.45) is 0 Å². The molecule has 2 N–H and O–H groups in total. The summed E-state index contributed by atoms with van der Waals surface area (Å²) in [7, 11) is -2.25. The number of anilines is 1. The molecule has 0 bridgehead atoms. The maximum atomic E-state index is 12.4. The second-order valence-corrected chi connectivity index (χ2v) is 9.00. The summed E-state index contributed by atoms with van der Waals surface area (Å²) < 4.78 is 37.4. The molecule has 31 heavy (non-hydrogen) atoms. The molecule has 9 heteroatoms. The number of carbonyl (C=O) groups excluding carboxylic acids is 1. The van der Waals surface area contributed by atoms with Crippen molar-refractivity contribution < 1.29 is 22.5 Å². The second-order valence-electron chi connectivity index (χ2n) is 7.15. The summed E-state index contributed by atoms with van der Waals surface area (Å²) in [6, 6.07) is 12.0. The third-order valence-corrected chi connectivity index (χ3v) is 6.44. The Kier molecular flexibility index (Phi) is 6.77. The lowest BCUT2D eigenvalue weighted by atomic mass is 10.1. The highest BCUT2D eigenvalue weighted by Crippen LogP contribution is 2.21. The van der Waals surface area contributed by atoms with Gasteiger partial charge in [-0.3, -0.25) is 4.79 Å². The van der Waals surface area contributed by atoms with Crippen molar-refractivity contribution in [1.29, 1.82) is 0 Å². The predicted octanol–water partition coefficient (Wildman–Crippen LogP) is 3.27. The van der Waals surface area contributed by atoms with Gasteiger partial charge in [0.2, 0.25) is 15.9 Å². The van der Waals surface area contributed by atoms with Crippen LogP contribution in [0.1, 0.15) is 28.1 Å². The Hall–Kier alpha value is -3.17. The van der Waals surface area contributed by atoms with Crippen molar-refractivity contribution >= 4 is 21.6 Å². The lowest BCUT2D eigenvalue weighted by Gasteiger charge is -2.11. The molecule has 0 spiro atoms. The highest BCUT2D eigenvalue weighted by molar-refractivity contribution is 7.89. The summed E-state index contributed by atoms with van der Waals surface area (Å²) in [6.45, 7) is 5.76. The van der Waals surface area contributed by atoms with E-state index in [0.717, 1.165) is 22.6 Å². The van der Waals surface area contributed by atoms with Gasteiger partial charge >= 0.3 is 0 Å². The highest BCUT2D eigenvalue weighted by Gasteiger charge is 2.16. The van der Waals surface area contributed by atoms with Crippen molar-refractivity contribution in [2.75, 3.05) is 12.4 Å². The number of hydrogen-bond acceptors (Lipinski definition) is 6. The number of nitrogens with zero attached hydrogens (tertiary/aromatic N) is 1. The number of carbonyl (C=O) groups is 1. The van der Waals surface area contributed by atoms with E-state index in [1.807, 2.05) is 26.0 Å². The van der Waals surface area contributed by atoms with Crippen molar-refractivity contribution in [3.63, 3.8) is 0 Å². The monoisotopic (exact) mass is 443 g/mol. The molecule has 1 heterocycles. The Morgan fingerprint density at radius 1 is 1.10 bits per heavy atom. The number of benzene rings is 2. The van der Waals surface area contributed by atoms with Gasteiger partial charge in [-0.1, -0.05) is 23.4 Å². The van der Waals surface area contributed by atoms with E-state index >= 15 is 0 Å². The van der Waals surface area contributed by atoms with Crippen LogP contribution in [0.4, 0.5) is 5.69 Å². The van der Waals surface area contributed by atoms with Gasteiger partial charge in [0.1, 0.15) is 18.1 Å². The largest absolute Gasteiger partial charge is 0.489 e. The van der Waals surface area contributed by atoms with Crippen LogP contribution in [0.15, 0.2) is 51.9 Å². The Labute approximate surface area is 181 Å². The highest BCUT2D eigenvalue weighted by atomic mass is 32.2. The maximum Gasteiger partial charge on any atom is 0.240 e. The molecule has 0 aliphatic carbocycles. The van der Waals surface area contributed by atoms with Gasteiger partial charge in [0.15, 0.2) is 0 Å². The van der Waals surface area contributed by atoms with Crippen LogP contribution < -0.4 is 14.8 Å². The summed E-state index contributed by atoms with van der Waals surface area (Å²) in [5, 5.41) is 6.65. The molecule has 1 aromatic heterocycles. The first-order valence-corrected chi connectivity index (χ1v) is 11.2. The predicted molar refractivity (Wildman–Crippen MR) is 117 cm³/mol. The Morgan fingerprint density at radius 3 is 2.42 bits per heavy atom. The van der Waals surface area contributed by atoms with Gasteiger partial charge in [0, 0.05) is 5.69 Å². The Bertz CT molecular complexity index is 1160. The molecule has 0 saturated carbocycles. The maximum absolute atomic E-state index is 12.4. The van der Waals surface area contributed by atoms with Gasteiger partial charge < -0.3 is 14.6 Å². The topological polar surface area (TPSA) is 111 Å². The summed E-state index contributed by atoms with van der Waals surface area (Å²) in [5.41, 5.74) is 3.54. The number of sulfonamides is 1. The van der Waals surface area contributed by atoms with E-state index < -0.39 is 10.0 Å². The molecule has 0 atom stereocenters. The standard InChI is InChI=1S/C22H25N3O5S/c1-14-5-8-18(12-21(14)31(27,28)23-4)24-22(26)11-17-6-9-19(10-7-17)29-13-20-15(2)25-30-16(20)3/h5-10,12,23H,11,13H2,1-4H3,(H,24,26). The molecular weight excluding hydrogens is 418 g/mol. The summed E-state index contributed by atoms with van der Waals surface area (Å²) in [4.78, 5) is 12.5. The first-order valence-electron chi connectivity index (χ1n) is 9.67. The molecule has 164 valence electrons. The minimum atomic E-state index is -3.60. The van der Waals surface area contributed by atoms with E-state index in [2.05, 4.69) is 15.2 Å². The average Bonchev–Trinajstić information content (AvgIpc) is 3.06. The van der Waals surface area contributed by atoms with Crippen LogP contribution in [-0.4, -0.2) is 26.5 Å². The molecule has 0 radical (unpaired) electrons. The molecule has 2 aromatic carbocycles. The minimum absolute atomic E-state index is 0.132. The third kappa shape index (κ3) is 5.50. The van der Waals surface area contributed by atoms with Crippen LogP contribution >= 0.6 is 0 Å². The van der Waals surface area contributed by atoms with Gasteiger partial charge in [0.05, 0.1) is 22.6 Å². The van der Waals surface area contributed by atoms with Gasteiger partial charge in [-0.25, -0.2) is 13.1 Å². The fourth-order valence-electron chi connectivity index (χ4n) is 3.03. The molecule has 0 unspecified atom stereocenters. The van der Waals surface area contributed by atoms with Crippen LogP contribution in [0.25, 0.3) is 0 Å². The molecule has 0 saturated heterocycles. The SMILES string of the molecule is CNS(=O)(=O)c1cc(NC(=O)Cc2ccc(OCc3c(C)noc3C)cc2)ccc1C. The van der Waals surface area contributed by atoms with E-state index in [4.69, 9.17) is 9.26 Å². The van der Waals surface area contributed by atoms with E-state index in [0.29, 0.717) is 23.6 Å². The van der Waals surface area contributed by atoms with Crippen LogP contribution in [0.3, 0.4) is 0 Å². The van der Waals surface area contributed by atoms with Crippen LogP contribution in [0.2, 0.25) is 0 Å². The minimum Gasteiger partial charge on any atom is -0.489 e. The smallest absolute Gasteiger partial charge is 0.240 e. The van der Waals surface area contributed by atoms with Crippen molar-refractivity contribution in [3.8, 4) is 5.75 Å². The van der Waals surface area contributed by atoms with E-state index in [1.165, 1.54) is 13.1 Å². The molecular formula is C22H25N3O5S. The molecule has 8 nitrogen and oxygen atoms in total. The number of aromatic nitrogens is 1. The van der Waals surface area contributed by atoms with Crippen molar-refractivity contribution in [3.05, 3.63) is 70.6 Å². The van der Waals surface area contributed by atoms with E-state index in [1.54, 1.807) is 31.2 Å². The number of rotatable bonds is 8. The third-order valence-electron chi connectivity index (χ3n) is 4.88. The zero-order valence-corrected chi connectivity index (χ0v) is 18.7. The lowest BCUT2D eigenvalue weighted by molar-refractivity contribution is -0.115. The zero-order valence-electron chi connectivity index (χ0n) is 17.9. The van der Waals surface area contributed by atoms with Gasteiger partial charge in [-0.05, 0) is 63.2 Å². The summed E-state index contributed by atoms with van der Waals surface area (Å²) in [6.07, 6.45) is 0.145.